The number of aromatic nitrogens is 3. The highest BCUT2D eigenvalue weighted by atomic mass is 35.5. The number of nitrogens with zero attached hydrogens (tertiary/aromatic N) is 3. The van der Waals surface area contributed by atoms with Crippen LogP contribution in [0.25, 0.3) is 0 Å². The number of benzene rings is 1. The maximum atomic E-state index is 12.3. The van der Waals surface area contributed by atoms with Crippen molar-refractivity contribution < 1.29 is 9.53 Å². The third kappa shape index (κ3) is 3.87. The van der Waals surface area contributed by atoms with Crippen LogP contribution in [-0.4, -0.2) is 26.8 Å². The van der Waals surface area contributed by atoms with Crippen molar-refractivity contribution in [1.82, 2.24) is 20.1 Å². The number of aryl methyl sites for hydroxylation is 1. The summed E-state index contributed by atoms with van der Waals surface area (Å²) in [5.41, 5.74) is 0. The first-order valence-corrected chi connectivity index (χ1v) is 8.63. The number of amides is 1. The van der Waals surface area contributed by atoms with Crippen LogP contribution in [0.5, 0.6) is 5.75 Å². The predicted octanol–water partition coefficient (Wildman–Crippen LogP) is 2.74. The molecule has 2 aromatic rings. The summed E-state index contributed by atoms with van der Waals surface area (Å²) in [6.45, 7) is 2.96. The largest absolute Gasteiger partial charge is 0.479 e. The van der Waals surface area contributed by atoms with Gasteiger partial charge in [-0.3, -0.25) is 4.79 Å². The van der Waals surface area contributed by atoms with Crippen molar-refractivity contribution in [3.8, 4) is 5.75 Å². The highest BCUT2D eigenvalue weighted by Gasteiger charge is 2.18. The lowest BCUT2D eigenvalue weighted by molar-refractivity contribution is -0.127. The first-order valence-electron chi connectivity index (χ1n) is 8.25. The molecule has 1 aliphatic heterocycles. The van der Waals surface area contributed by atoms with Crippen molar-refractivity contribution in [1.29, 1.82) is 0 Å². The number of nitrogens with one attached hydrogen (secondary N) is 1. The van der Waals surface area contributed by atoms with Gasteiger partial charge in [0.1, 0.15) is 11.6 Å². The standard InChI is InChI=1S/C17H21ClN4O2/c1-12(24-14-8-5-4-7-13(14)18)17(23)19-11-16-21-20-15-9-3-2-6-10-22(15)16/h4-5,7-8,12H,2-3,6,9-11H2,1H3,(H,19,23). The van der Waals surface area contributed by atoms with Crippen LogP contribution in [-0.2, 0) is 24.3 Å². The van der Waals surface area contributed by atoms with Gasteiger partial charge < -0.3 is 14.6 Å². The van der Waals surface area contributed by atoms with Crippen molar-refractivity contribution in [3.63, 3.8) is 0 Å². The molecule has 0 spiro atoms. The number of fused-ring (bicyclic) bond motifs is 1. The quantitative estimate of drug-likeness (QED) is 0.902. The first kappa shape index (κ1) is 16.8. The monoisotopic (exact) mass is 348 g/mol. The molecule has 3 rings (SSSR count). The summed E-state index contributed by atoms with van der Waals surface area (Å²) in [5.74, 6) is 2.10. The van der Waals surface area contributed by atoms with Crippen molar-refractivity contribution in [2.45, 2.75) is 51.8 Å². The summed E-state index contributed by atoms with van der Waals surface area (Å²) >= 11 is 6.05. The summed E-state index contributed by atoms with van der Waals surface area (Å²) < 4.78 is 7.74. The fourth-order valence-electron chi connectivity index (χ4n) is 2.77. The number of hydrogen-bond acceptors (Lipinski definition) is 4. The highest BCUT2D eigenvalue weighted by Crippen LogP contribution is 2.24. The van der Waals surface area contributed by atoms with Gasteiger partial charge in [0.2, 0.25) is 0 Å². The molecule has 1 aromatic carbocycles. The van der Waals surface area contributed by atoms with Gasteiger partial charge in [0.25, 0.3) is 5.91 Å². The average Bonchev–Trinajstić information content (AvgIpc) is 2.81. The Morgan fingerprint density at radius 1 is 1.33 bits per heavy atom. The Kier molecular flexibility index (Phi) is 5.35. The van der Waals surface area contributed by atoms with Gasteiger partial charge in [-0.25, -0.2) is 0 Å². The van der Waals surface area contributed by atoms with Crippen LogP contribution in [0.2, 0.25) is 5.02 Å². The molecule has 2 heterocycles. The molecule has 0 saturated carbocycles. The van der Waals surface area contributed by atoms with Gasteiger partial charge in [-0.2, -0.15) is 0 Å². The van der Waals surface area contributed by atoms with E-state index in [-0.39, 0.29) is 5.91 Å². The summed E-state index contributed by atoms with van der Waals surface area (Å²) in [6, 6.07) is 7.10. The molecule has 0 radical (unpaired) electrons. The van der Waals surface area contributed by atoms with Crippen LogP contribution in [0, 0.1) is 0 Å². The zero-order valence-corrected chi connectivity index (χ0v) is 14.4. The summed E-state index contributed by atoms with van der Waals surface area (Å²) in [7, 11) is 0. The second-order valence-electron chi connectivity index (χ2n) is 5.90. The van der Waals surface area contributed by atoms with Gasteiger partial charge in [-0.05, 0) is 31.9 Å². The van der Waals surface area contributed by atoms with Gasteiger partial charge in [0.15, 0.2) is 11.9 Å². The molecule has 0 aliphatic carbocycles. The summed E-state index contributed by atoms with van der Waals surface area (Å²) in [4.78, 5) is 12.3. The molecule has 0 saturated heterocycles. The molecule has 6 nitrogen and oxygen atoms in total. The minimum Gasteiger partial charge on any atom is -0.479 e. The molecule has 1 amide bonds. The first-order chi connectivity index (χ1) is 11.6. The predicted molar refractivity (Wildman–Crippen MR) is 91.0 cm³/mol. The van der Waals surface area contributed by atoms with Crippen LogP contribution in [0.15, 0.2) is 24.3 Å². The Hall–Kier alpha value is -2.08. The molecule has 1 aromatic heterocycles. The van der Waals surface area contributed by atoms with Crippen molar-refractivity contribution >= 4 is 17.5 Å². The lowest BCUT2D eigenvalue weighted by atomic mass is 10.2. The van der Waals surface area contributed by atoms with Crippen LogP contribution >= 0.6 is 11.6 Å². The van der Waals surface area contributed by atoms with E-state index in [0.29, 0.717) is 17.3 Å². The number of carbonyl (C=O) groups is 1. The Morgan fingerprint density at radius 3 is 3.00 bits per heavy atom. The van der Waals surface area contributed by atoms with E-state index in [4.69, 9.17) is 16.3 Å². The molecule has 0 fully saturated rings. The third-order valence-corrected chi connectivity index (χ3v) is 4.43. The van der Waals surface area contributed by atoms with E-state index in [1.165, 1.54) is 6.42 Å². The zero-order chi connectivity index (χ0) is 16.9. The number of rotatable bonds is 5. The maximum Gasteiger partial charge on any atom is 0.261 e. The number of para-hydroxylation sites is 1. The zero-order valence-electron chi connectivity index (χ0n) is 13.7. The average molecular weight is 349 g/mol. The molecule has 1 N–H and O–H groups in total. The van der Waals surface area contributed by atoms with E-state index in [0.717, 1.165) is 37.5 Å². The fourth-order valence-corrected chi connectivity index (χ4v) is 2.95. The van der Waals surface area contributed by atoms with E-state index in [1.54, 1.807) is 19.1 Å². The Bertz CT molecular complexity index is 716. The van der Waals surface area contributed by atoms with E-state index in [2.05, 4.69) is 20.1 Å². The van der Waals surface area contributed by atoms with Gasteiger partial charge in [-0.1, -0.05) is 30.2 Å². The number of halogens is 1. The lowest BCUT2D eigenvalue weighted by Gasteiger charge is -2.15. The topological polar surface area (TPSA) is 69.0 Å². The lowest BCUT2D eigenvalue weighted by Crippen LogP contribution is -2.36. The molecular weight excluding hydrogens is 328 g/mol. The molecule has 1 atom stereocenters. The second-order valence-corrected chi connectivity index (χ2v) is 6.31. The van der Waals surface area contributed by atoms with Crippen molar-refractivity contribution in [2.24, 2.45) is 0 Å². The Labute approximate surface area is 146 Å². The molecule has 24 heavy (non-hydrogen) atoms. The van der Waals surface area contributed by atoms with Gasteiger partial charge in [-0.15, -0.1) is 10.2 Å². The number of ether oxygens (including phenoxy) is 1. The van der Waals surface area contributed by atoms with Gasteiger partial charge in [0.05, 0.1) is 11.6 Å². The molecule has 1 aliphatic rings. The fraction of sp³-hybridized carbons (Fsp3) is 0.471. The second kappa shape index (κ2) is 7.66. The third-order valence-electron chi connectivity index (χ3n) is 4.12. The Balaban J connectivity index is 1.57. The molecule has 0 bridgehead atoms. The summed E-state index contributed by atoms with van der Waals surface area (Å²) in [5, 5.41) is 11.8. The van der Waals surface area contributed by atoms with E-state index in [1.807, 2.05) is 12.1 Å². The van der Waals surface area contributed by atoms with Gasteiger partial charge in [0, 0.05) is 13.0 Å². The molecule has 7 heteroatoms. The van der Waals surface area contributed by atoms with Crippen LogP contribution in [0.4, 0.5) is 0 Å². The molecular formula is C17H21ClN4O2. The minimum absolute atomic E-state index is 0.208. The van der Waals surface area contributed by atoms with Crippen molar-refractivity contribution in [2.75, 3.05) is 0 Å². The van der Waals surface area contributed by atoms with Crippen molar-refractivity contribution in [3.05, 3.63) is 40.9 Å². The number of carbonyl (C=O) groups excluding carboxylic acids is 1. The van der Waals surface area contributed by atoms with Crippen LogP contribution in [0.1, 0.15) is 37.8 Å². The summed E-state index contributed by atoms with van der Waals surface area (Å²) in [6.07, 6.45) is 3.78. The van der Waals surface area contributed by atoms with E-state index >= 15 is 0 Å². The Morgan fingerprint density at radius 2 is 2.17 bits per heavy atom. The highest BCUT2D eigenvalue weighted by molar-refractivity contribution is 6.32. The molecule has 1 unspecified atom stereocenters. The van der Waals surface area contributed by atoms with Gasteiger partial charge >= 0.3 is 0 Å². The van der Waals surface area contributed by atoms with Crippen LogP contribution in [0.3, 0.4) is 0 Å². The smallest absolute Gasteiger partial charge is 0.261 e. The number of hydrogen-bond donors (Lipinski definition) is 1. The normalized spacial score (nSPS) is 15.2. The van der Waals surface area contributed by atoms with E-state index < -0.39 is 6.10 Å². The SMILES string of the molecule is CC(Oc1ccccc1Cl)C(=O)NCc1nnc2n1CCCCC2. The van der Waals surface area contributed by atoms with E-state index in [9.17, 15) is 4.79 Å². The van der Waals surface area contributed by atoms with Crippen LogP contribution < -0.4 is 10.1 Å². The molecule has 128 valence electrons. The minimum atomic E-state index is -0.642. The maximum absolute atomic E-state index is 12.3.